The van der Waals surface area contributed by atoms with Gasteiger partial charge in [-0.15, -0.1) is 0 Å². The molecule has 0 spiro atoms. The predicted molar refractivity (Wildman–Crippen MR) is 72.0 cm³/mol. The van der Waals surface area contributed by atoms with Crippen LogP contribution in [-0.2, 0) is 4.79 Å². The first kappa shape index (κ1) is 12.5. The molecule has 0 radical (unpaired) electrons. The molecule has 3 nitrogen and oxygen atoms in total. The largest absolute Gasteiger partial charge is 0.339 e. The van der Waals surface area contributed by atoms with Gasteiger partial charge in [-0.05, 0) is 38.0 Å². The van der Waals surface area contributed by atoms with Crippen LogP contribution in [0.3, 0.4) is 0 Å². The number of hydrogen-bond acceptors (Lipinski definition) is 2. The van der Waals surface area contributed by atoms with Gasteiger partial charge >= 0.3 is 0 Å². The van der Waals surface area contributed by atoms with E-state index < -0.39 is 0 Å². The van der Waals surface area contributed by atoms with Gasteiger partial charge in [0, 0.05) is 24.5 Å². The Kier molecular flexibility index (Phi) is 3.13. The Labute approximate surface area is 110 Å². The molecule has 0 bridgehead atoms. The Morgan fingerprint density at radius 3 is 2.44 bits per heavy atom. The number of hydrogen-bond donors (Lipinski definition) is 1. The van der Waals surface area contributed by atoms with E-state index in [1.807, 2.05) is 11.8 Å². The zero-order valence-electron chi connectivity index (χ0n) is 11.5. The molecular formula is C15H26N2O. The van der Waals surface area contributed by atoms with Crippen LogP contribution in [0.5, 0.6) is 0 Å². The number of rotatable bonds is 1. The number of fused-ring (bicyclic) bond motifs is 1. The van der Waals surface area contributed by atoms with Crippen molar-refractivity contribution in [2.24, 2.45) is 23.5 Å². The van der Waals surface area contributed by atoms with Crippen LogP contribution in [0.2, 0.25) is 0 Å². The standard InChI is InChI=1S/C15H26N2O/c1-15(16)9-17(10-15)14(18)13-7-6-11-4-2-3-5-12(11)8-13/h11-13H,2-10,16H2,1H3. The average Bonchev–Trinajstić information content (AvgIpc) is 2.34. The van der Waals surface area contributed by atoms with Crippen molar-refractivity contribution in [3.8, 4) is 0 Å². The Morgan fingerprint density at radius 1 is 1.11 bits per heavy atom. The van der Waals surface area contributed by atoms with Crippen LogP contribution in [0.4, 0.5) is 0 Å². The van der Waals surface area contributed by atoms with E-state index in [9.17, 15) is 4.79 Å². The molecule has 3 rings (SSSR count). The first-order valence-corrected chi connectivity index (χ1v) is 7.63. The van der Waals surface area contributed by atoms with Gasteiger partial charge < -0.3 is 10.6 Å². The molecule has 2 saturated carbocycles. The Hall–Kier alpha value is -0.570. The van der Waals surface area contributed by atoms with Crippen LogP contribution >= 0.6 is 0 Å². The van der Waals surface area contributed by atoms with E-state index in [0.717, 1.165) is 37.8 Å². The van der Waals surface area contributed by atoms with Crippen molar-refractivity contribution in [1.29, 1.82) is 0 Å². The molecule has 2 aliphatic carbocycles. The Balaban J connectivity index is 1.56. The maximum atomic E-state index is 12.4. The zero-order chi connectivity index (χ0) is 12.8. The van der Waals surface area contributed by atoms with Crippen molar-refractivity contribution in [2.45, 2.75) is 57.4 Å². The summed E-state index contributed by atoms with van der Waals surface area (Å²) in [7, 11) is 0. The topological polar surface area (TPSA) is 46.3 Å². The molecule has 1 amide bonds. The van der Waals surface area contributed by atoms with Gasteiger partial charge in [0.1, 0.15) is 0 Å². The third-order valence-corrected chi connectivity index (χ3v) is 5.30. The molecule has 3 aliphatic rings. The van der Waals surface area contributed by atoms with Gasteiger partial charge in [0.25, 0.3) is 0 Å². The molecule has 3 unspecified atom stereocenters. The molecule has 18 heavy (non-hydrogen) atoms. The van der Waals surface area contributed by atoms with Crippen LogP contribution in [0.15, 0.2) is 0 Å². The number of nitrogens with two attached hydrogens (primary N) is 1. The Bertz CT molecular complexity index is 331. The summed E-state index contributed by atoms with van der Waals surface area (Å²) in [6, 6.07) is 0. The molecule has 3 heteroatoms. The predicted octanol–water partition coefficient (Wildman–Crippen LogP) is 2.15. The molecule has 1 aliphatic heterocycles. The van der Waals surface area contributed by atoms with Gasteiger partial charge in [-0.2, -0.15) is 0 Å². The molecule has 0 aromatic carbocycles. The Morgan fingerprint density at radius 2 is 1.78 bits per heavy atom. The first-order valence-electron chi connectivity index (χ1n) is 7.63. The van der Waals surface area contributed by atoms with Crippen LogP contribution in [0.25, 0.3) is 0 Å². The zero-order valence-corrected chi connectivity index (χ0v) is 11.5. The normalized spacial score (nSPS) is 38.8. The highest BCUT2D eigenvalue weighted by Gasteiger charge is 2.42. The van der Waals surface area contributed by atoms with Crippen molar-refractivity contribution in [3.05, 3.63) is 0 Å². The first-order chi connectivity index (χ1) is 8.55. The van der Waals surface area contributed by atoms with Crippen molar-refractivity contribution in [2.75, 3.05) is 13.1 Å². The quantitative estimate of drug-likeness (QED) is 0.775. The lowest BCUT2D eigenvalue weighted by molar-refractivity contribution is -0.145. The van der Waals surface area contributed by atoms with Crippen molar-refractivity contribution in [3.63, 3.8) is 0 Å². The molecule has 3 atom stereocenters. The summed E-state index contributed by atoms with van der Waals surface area (Å²) < 4.78 is 0. The van der Waals surface area contributed by atoms with Gasteiger partial charge in [-0.3, -0.25) is 4.79 Å². The molecule has 2 N–H and O–H groups in total. The summed E-state index contributed by atoms with van der Waals surface area (Å²) in [5, 5.41) is 0. The number of carbonyl (C=O) groups is 1. The molecule has 1 heterocycles. The highest BCUT2D eigenvalue weighted by atomic mass is 16.2. The highest BCUT2D eigenvalue weighted by Crippen LogP contribution is 2.43. The van der Waals surface area contributed by atoms with Gasteiger partial charge in [0.05, 0.1) is 0 Å². The SMILES string of the molecule is CC1(N)CN(C(=O)C2CCC3CCCCC3C2)C1. The van der Waals surface area contributed by atoms with E-state index in [0.29, 0.717) is 11.8 Å². The smallest absolute Gasteiger partial charge is 0.225 e. The minimum Gasteiger partial charge on any atom is -0.339 e. The lowest BCUT2D eigenvalue weighted by atomic mass is 9.67. The van der Waals surface area contributed by atoms with Crippen LogP contribution < -0.4 is 5.73 Å². The summed E-state index contributed by atoms with van der Waals surface area (Å²) >= 11 is 0. The molecule has 0 aromatic heterocycles. The average molecular weight is 250 g/mol. The van der Waals surface area contributed by atoms with Crippen molar-refractivity contribution in [1.82, 2.24) is 4.90 Å². The lowest BCUT2D eigenvalue weighted by Gasteiger charge is -2.48. The fraction of sp³-hybridized carbons (Fsp3) is 0.933. The van der Waals surface area contributed by atoms with Gasteiger partial charge in [0.2, 0.25) is 5.91 Å². The minimum absolute atomic E-state index is 0.127. The maximum Gasteiger partial charge on any atom is 0.225 e. The molecule has 1 saturated heterocycles. The number of carbonyl (C=O) groups excluding carboxylic acids is 1. The number of likely N-dealkylation sites (tertiary alicyclic amines) is 1. The minimum atomic E-state index is -0.127. The van der Waals surface area contributed by atoms with E-state index in [1.165, 1.54) is 32.1 Å². The molecule has 0 aromatic rings. The summed E-state index contributed by atoms with van der Waals surface area (Å²) in [6.07, 6.45) is 9.14. The van der Waals surface area contributed by atoms with E-state index in [1.54, 1.807) is 0 Å². The molecular weight excluding hydrogens is 224 g/mol. The van der Waals surface area contributed by atoms with Crippen LogP contribution in [-0.4, -0.2) is 29.4 Å². The van der Waals surface area contributed by atoms with E-state index in [-0.39, 0.29) is 5.54 Å². The number of amides is 1. The summed E-state index contributed by atoms with van der Waals surface area (Å²) in [6.45, 7) is 3.56. The highest BCUT2D eigenvalue weighted by molar-refractivity contribution is 5.80. The second-order valence-electron chi connectivity index (χ2n) is 7.16. The van der Waals surface area contributed by atoms with E-state index in [4.69, 9.17) is 5.73 Å². The van der Waals surface area contributed by atoms with Crippen molar-refractivity contribution >= 4 is 5.91 Å². The third-order valence-electron chi connectivity index (χ3n) is 5.30. The van der Waals surface area contributed by atoms with Gasteiger partial charge in [-0.25, -0.2) is 0 Å². The summed E-state index contributed by atoms with van der Waals surface area (Å²) in [5.74, 6) is 2.47. The molecule has 102 valence electrons. The van der Waals surface area contributed by atoms with Gasteiger partial charge in [-0.1, -0.05) is 25.7 Å². The van der Waals surface area contributed by atoms with Crippen molar-refractivity contribution < 1.29 is 4.79 Å². The summed E-state index contributed by atoms with van der Waals surface area (Å²) in [4.78, 5) is 14.4. The van der Waals surface area contributed by atoms with E-state index >= 15 is 0 Å². The molecule has 3 fully saturated rings. The summed E-state index contributed by atoms with van der Waals surface area (Å²) in [5.41, 5.74) is 5.86. The van der Waals surface area contributed by atoms with E-state index in [2.05, 4.69) is 0 Å². The lowest BCUT2D eigenvalue weighted by Crippen LogP contribution is -2.67. The maximum absolute atomic E-state index is 12.4. The second kappa shape index (κ2) is 4.52. The fourth-order valence-electron chi connectivity index (χ4n) is 4.34. The monoisotopic (exact) mass is 250 g/mol. The second-order valence-corrected chi connectivity index (χ2v) is 7.16. The van der Waals surface area contributed by atoms with Crippen LogP contribution in [0, 0.1) is 17.8 Å². The fourth-order valence-corrected chi connectivity index (χ4v) is 4.34. The third kappa shape index (κ3) is 2.29. The van der Waals surface area contributed by atoms with Crippen LogP contribution in [0.1, 0.15) is 51.9 Å². The number of nitrogens with zero attached hydrogens (tertiary/aromatic N) is 1. The van der Waals surface area contributed by atoms with Gasteiger partial charge in [0.15, 0.2) is 0 Å².